The Balaban J connectivity index is 1.14. The van der Waals surface area contributed by atoms with Crippen molar-refractivity contribution in [3.63, 3.8) is 0 Å². The number of carboxylic acid groups (broad SMARTS) is 1. The van der Waals surface area contributed by atoms with Crippen LogP contribution in [0.3, 0.4) is 0 Å². The monoisotopic (exact) mass is 1330 g/mol. The van der Waals surface area contributed by atoms with E-state index in [1.54, 1.807) is 30.3 Å². The SMILES string of the molecule is CN1C(=O)[C@@H](c2cc(Cl)c(O)c(Cl)c2)NC(=O)[C@@H]2NC(=O)[C@@H](c3cc(Cl)c(O)c(Cl)c3)NC(=O)[C@H](NC(=O)C(=O)c3cc(Cl)c(O)c(Cl)c3)Cc3c[nH]c4c(cccc34)C3=C(O)C(=CC2C3)Oc2ccc(cc2)C[C@H]1C(=O)N[C@@H](C(=O)O)c1ccc(O)cc1. The molecule has 3 aliphatic heterocycles. The summed E-state index contributed by atoms with van der Waals surface area (Å²) < 4.78 is 6.44. The van der Waals surface area contributed by atoms with Gasteiger partial charge in [-0.1, -0.05) is 112 Å². The number of likely N-dealkylation sites (N-methyl/N-ethyl adjacent to an activating group) is 1. The van der Waals surface area contributed by atoms with E-state index in [-0.39, 0.29) is 68.0 Å². The second-order valence-corrected chi connectivity index (χ2v) is 23.4. The molecule has 1 unspecified atom stereocenters. The first-order chi connectivity index (χ1) is 42.3. The van der Waals surface area contributed by atoms with Gasteiger partial charge in [-0.15, -0.1) is 0 Å². The van der Waals surface area contributed by atoms with Crippen molar-refractivity contribution in [2.24, 2.45) is 5.92 Å². The summed E-state index contributed by atoms with van der Waals surface area (Å²) in [5.41, 5.74) is 0.774. The van der Waals surface area contributed by atoms with Gasteiger partial charge in [-0.3, -0.25) is 33.6 Å². The Hall–Kier alpha value is -9.16. The van der Waals surface area contributed by atoms with Crippen LogP contribution >= 0.6 is 69.6 Å². The molecule has 7 aromatic rings. The number of nitrogens with zero attached hydrogens (tertiary/aromatic N) is 1. The number of carboxylic acids is 1. The summed E-state index contributed by atoms with van der Waals surface area (Å²) in [6, 6.07) is 11.3. The Labute approximate surface area is 533 Å². The lowest BCUT2D eigenvalue weighted by Crippen LogP contribution is -2.58. The number of benzene rings is 6. The number of carbonyl (C=O) groups is 8. The number of rotatable bonds is 9. The maximum atomic E-state index is 15.8. The average Bonchev–Trinajstić information content (AvgIpc) is 1.86. The van der Waals surface area contributed by atoms with E-state index in [4.69, 9.17) is 74.3 Å². The van der Waals surface area contributed by atoms with Gasteiger partial charge in [-0.05, 0) is 101 Å². The highest BCUT2D eigenvalue weighted by Crippen LogP contribution is 2.42. The molecule has 22 nitrogen and oxygen atoms in total. The number of amides is 6. The van der Waals surface area contributed by atoms with Gasteiger partial charge >= 0.3 is 5.97 Å². The number of nitrogens with one attached hydrogen (secondary N) is 6. The van der Waals surface area contributed by atoms with Gasteiger partial charge in [0, 0.05) is 54.1 Å². The summed E-state index contributed by atoms with van der Waals surface area (Å²) in [5.74, 6) is -13.7. The van der Waals surface area contributed by atoms with E-state index in [9.17, 15) is 49.8 Å². The molecule has 0 saturated carbocycles. The number of ketones is 1. The van der Waals surface area contributed by atoms with Crippen LogP contribution < -0.4 is 31.3 Å². The van der Waals surface area contributed by atoms with E-state index >= 15 is 19.2 Å². The predicted molar refractivity (Wildman–Crippen MR) is 326 cm³/mol. The van der Waals surface area contributed by atoms with Crippen molar-refractivity contribution in [2.45, 2.75) is 55.5 Å². The number of hydrogen-bond donors (Lipinski definition) is 12. The van der Waals surface area contributed by atoms with E-state index in [0.29, 0.717) is 27.6 Å². The summed E-state index contributed by atoms with van der Waals surface area (Å²) in [6.07, 6.45) is 1.82. The van der Waals surface area contributed by atoms with Gasteiger partial charge < -0.3 is 71.8 Å². The molecule has 28 heteroatoms. The first-order valence-corrected chi connectivity index (χ1v) is 28.9. The first-order valence-electron chi connectivity index (χ1n) is 26.7. The summed E-state index contributed by atoms with van der Waals surface area (Å²) in [7, 11) is 1.20. The van der Waals surface area contributed by atoms with Crippen molar-refractivity contribution in [1.29, 1.82) is 0 Å². The molecule has 11 rings (SSSR count). The largest absolute Gasteiger partial charge is 0.508 e. The smallest absolute Gasteiger partial charge is 0.330 e. The Morgan fingerprint density at radius 2 is 1.24 bits per heavy atom. The van der Waals surface area contributed by atoms with Crippen LogP contribution in [0.5, 0.6) is 28.7 Å². The number of para-hydroxylation sites is 1. The Kier molecular flexibility index (Phi) is 18.0. The fourth-order valence-corrected chi connectivity index (χ4v) is 12.1. The number of aliphatic carboxylic acids is 1. The number of halogens is 6. The standard InChI is InChI=1S/C61H47Cl6N7O15/c1-74-43(56(82)73-48(61(87)88)25-7-9-31(75)10-8-25)13-24-5-11-32(12-6-24)89-44-22-26-14-35(51(44)77)34-4-2-3-33-30(23-68-49(33)34)21-42(69-59(85)50(76)29-19-40(66)54(80)41(67)20-29)55(81)70-46(27-15-36(62)52(78)37(63)16-27)57(83)71-45(26)58(84)72-47(60(74)86)28-17-38(64)53(79)39(65)18-28/h2-12,15-20,22-23,26,42-43,45-48,68,75,77-80H,13-14,21H2,1H3,(H,69,85)(H,70,81)(H,71,83)(H,72,84)(H,73,82)(H,87,88)/t26?,42-,43+,45-,46-,47-,48-/m1/s1. The number of Topliss-reactive ketones (excluding diaryl/α,β-unsaturated/α-hetero) is 1. The van der Waals surface area contributed by atoms with Crippen LogP contribution in [0.1, 0.15) is 68.3 Å². The number of phenols is 4. The number of carbonyl (C=O) groups excluding carboxylic acids is 7. The van der Waals surface area contributed by atoms with Crippen LogP contribution in [0.4, 0.5) is 0 Å². The van der Waals surface area contributed by atoms with Gasteiger partial charge in [0.2, 0.25) is 35.3 Å². The van der Waals surface area contributed by atoms with E-state index in [2.05, 4.69) is 31.6 Å². The zero-order valence-corrected chi connectivity index (χ0v) is 50.2. The molecule has 4 aliphatic rings. The van der Waals surface area contributed by atoms with Gasteiger partial charge in [0.15, 0.2) is 34.8 Å². The quantitative estimate of drug-likeness (QED) is 0.0475. The molecule has 0 spiro atoms. The second-order valence-electron chi connectivity index (χ2n) is 20.9. The van der Waals surface area contributed by atoms with Gasteiger partial charge in [-0.2, -0.15) is 0 Å². The van der Waals surface area contributed by atoms with E-state index in [1.165, 1.54) is 55.7 Å². The number of aliphatic hydroxyl groups excluding tert-OH is 1. The first kappa shape index (κ1) is 62.9. The lowest BCUT2D eigenvalue weighted by Gasteiger charge is -2.35. The number of allylic oxidation sites excluding steroid dienone is 1. The highest BCUT2D eigenvalue weighted by Gasteiger charge is 2.42. The summed E-state index contributed by atoms with van der Waals surface area (Å²) in [5, 5.41) is 75.4. The van der Waals surface area contributed by atoms with Crippen molar-refractivity contribution in [2.75, 3.05) is 7.05 Å². The number of H-pyrrole nitrogens is 1. The van der Waals surface area contributed by atoms with Crippen molar-refractivity contribution in [3.05, 3.63) is 196 Å². The highest BCUT2D eigenvalue weighted by atomic mass is 35.5. The van der Waals surface area contributed by atoms with Crippen molar-refractivity contribution < 1.29 is 73.7 Å². The molecule has 0 saturated heterocycles. The van der Waals surface area contributed by atoms with E-state index in [1.807, 2.05) is 0 Å². The molecule has 0 radical (unpaired) electrons. The second kappa shape index (κ2) is 25.5. The molecule has 6 aromatic carbocycles. The van der Waals surface area contributed by atoms with Crippen LogP contribution in [0, 0.1) is 5.92 Å². The molecule has 4 heterocycles. The van der Waals surface area contributed by atoms with Crippen molar-refractivity contribution in [3.8, 4) is 28.7 Å². The Morgan fingerprint density at radius 3 is 1.83 bits per heavy atom. The molecule has 1 aromatic heterocycles. The average molecular weight is 1330 g/mol. The maximum Gasteiger partial charge on any atom is 0.330 e. The van der Waals surface area contributed by atoms with Crippen LogP contribution in [-0.4, -0.2) is 113 Å². The topological polar surface area (TPSA) is 346 Å². The number of aliphatic hydroxyl groups is 1. The Morgan fingerprint density at radius 1 is 0.663 bits per heavy atom. The van der Waals surface area contributed by atoms with Gasteiger partial charge in [0.1, 0.15) is 41.7 Å². The maximum absolute atomic E-state index is 15.8. The number of aromatic amines is 1. The number of aromatic nitrogens is 1. The van der Waals surface area contributed by atoms with Gasteiger partial charge in [0.05, 0.1) is 35.7 Å². The van der Waals surface area contributed by atoms with Gasteiger partial charge in [0.25, 0.3) is 5.91 Å². The van der Waals surface area contributed by atoms with Crippen molar-refractivity contribution in [1.82, 2.24) is 36.5 Å². The molecule has 7 atom stereocenters. The third-order valence-electron chi connectivity index (χ3n) is 15.3. The number of hydrogen-bond acceptors (Lipinski definition) is 14. The number of phenolic OH excluding ortho intramolecular Hbond substituents is 4. The molecule has 9 bridgehead atoms. The molecular formula is C61H47Cl6N7O15. The zero-order valence-electron chi connectivity index (χ0n) is 45.7. The third kappa shape index (κ3) is 12.9. The lowest BCUT2D eigenvalue weighted by molar-refractivity contribution is -0.145. The predicted octanol–water partition coefficient (Wildman–Crippen LogP) is 8.61. The van der Waals surface area contributed by atoms with Crippen LogP contribution in [0.25, 0.3) is 16.5 Å². The minimum Gasteiger partial charge on any atom is -0.508 e. The normalized spacial score (nSPS) is 20.1. The fraction of sp³-hybridized carbons (Fsp3) is 0.180. The molecule has 458 valence electrons. The third-order valence-corrected chi connectivity index (χ3v) is 17.0. The lowest BCUT2D eigenvalue weighted by atomic mass is 9.82. The fourth-order valence-electron chi connectivity index (χ4n) is 10.6. The molecular weight excluding hydrogens is 1280 g/mol. The van der Waals surface area contributed by atoms with Crippen LogP contribution in [0.2, 0.25) is 30.1 Å². The minimum absolute atomic E-state index is 0.0435. The van der Waals surface area contributed by atoms with E-state index < -0.39 is 139 Å². The molecule has 1 aliphatic carbocycles. The van der Waals surface area contributed by atoms with Crippen LogP contribution in [-0.2, 0) is 46.4 Å². The summed E-state index contributed by atoms with van der Waals surface area (Å²) >= 11 is 38.1. The molecule has 0 fully saturated rings. The molecule has 89 heavy (non-hydrogen) atoms. The summed E-state index contributed by atoms with van der Waals surface area (Å²) in [4.78, 5) is 121. The number of ether oxygens (including phenoxy) is 1. The highest BCUT2D eigenvalue weighted by molar-refractivity contribution is 6.45. The number of fused-ring (bicyclic) bond motifs is 10. The molecule has 6 amide bonds. The van der Waals surface area contributed by atoms with Crippen molar-refractivity contribution >= 4 is 133 Å². The minimum atomic E-state index is -1.99. The zero-order chi connectivity index (χ0) is 64.0. The summed E-state index contributed by atoms with van der Waals surface area (Å²) in [6.45, 7) is 0. The number of aromatic hydroxyl groups is 4. The molecule has 12 N–H and O–H groups in total. The van der Waals surface area contributed by atoms with E-state index in [0.717, 1.165) is 41.3 Å². The van der Waals surface area contributed by atoms with Crippen LogP contribution in [0.15, 0.2) is 127 Å². The Bertz CT molecular complexity index is 4130. The van der Waals surface area contributed by atoms with Gasteiger partial charge in [-0.25, -0.2) is 4.79 Å².